The van der Waals surface area contributed by atoms with Crippen molar-refractivity contribution < 1.29 is 17.9 Å². The van der Waals surface area contributed by atoms with Gasteiger partial charge in [-0.05, 0) is 53.0 Å². The number of carbonyl (C=O) groups is 1. The molecular formula is C13H27N3O4S. The summed E-state index contributed by atoms with van der Waals surface area (Å²) < 4.78 is 32.1. The lowest BCUT2D eigenvalue weighted by molar-refractivity contribution is 0.157. The second kappa shape index (κ2) is 7.42. The van der Waals surface area contributed by atoms with E-state index in [1.165, 1.54) is 4.31 Å². The van der Waals surface area contributed by atoms with Crippen molar-refractivity contribution >= 4 is 16.3 Å². The molecule has 1 heterocycles. The van der Waals surface area contributed by atoms with Gasteiger partial charge in [0.25, 0.3) is 0 Å². The number of hydrogen-bond acceptors (Lipinski definition) is 5. The van der Waals surface area contributed by atoms with Crippen LogP contribution in [0.1, 0.15) is 40.5 Å². The van der Waals surface area contributed by atoms with Gasteiger partial charge in [-0.25, -0.2) is 9.52 Å². The Morgan fingerprint density at radius 2 is 2.05 bits per heavy atom. The second-order valence-corrected chi connectivity index (χ2v) is 8.00. The Labute approximate surface area is 127 Å². The highest BCUT2D eigenvalue weighted by molar-refractivity contribution is 7.87. The first-order valence-corrected chi connectivity index (χ1v) is 8.77. The van der Waals surface area contributed by atoms with Gasteiger partial charge in [-0.2, -0.15) is 12.7 Å². The molecule has 1 rings (SSSR count). The van der Waals surface area contributed by atoms with Crippen molar-refractivity contribution in [3.05, 3.63) is 0 Å². The molecule has 1 saturated heterocycles. The summed E-state index contributed by atoms with van der Waals surface area (Å²) >= 11 is 0. The summed E-state index contributed by atoms with van der Waals surface area (Å²) in [6.07, 6.45) is 0.849. The average molecular weight is 321 g/mol. The van der Waals surface area contributed by atoms with E-state index in [9.17, 15) is 13.2 Å². The van der Waals surface area contributed by atoms with Crippen LogP contribution in [0.25, 0.3) is 0 Å². The van der Waals surface area contributed by atoms with Crippen molar-refractivity contribution in [2.75, 3.05) is 26.2 Å². The first-order chi connectivity index (χ1) is 9.64. The summed E-state index contributed by atoms with van der Waals surface area (Å²) in [6.45, 7) is 9.60. The third-order valence-corrected chi connectivity index (χ3v) is 4.67. The Kier molecular flexibility index (Phi) is 6.42. The number of hydrogen-bond donors (Lipinski definition) is 2. The van der Waals surface area contributed by atoms with Crippen LogP contribution in [0.15, 0.2) is 0 Å². The zero-order chi connectivity index (χ0) is 16.1. The van der Waals surface area contributed by atoms with Crippen LogP contribution in [0.2, 0.25) is 0 Å². The topological polar surface area (TPSA) is 87.7 Å². The third kappa shape index (κ3) is 6.62. The summed E-state index contributed by atoms with van der Waals surface area (Å²) in [5.41, 5.74) is 0.00430. The standard InChI is InChI=1S/C13H27N3O4S/c1-5-20-12(17)15-21(18,19)16-8-6-7-11(10-16)9-14-13(2,3)4/h11,14H,5-10H2,1-4H3,(H,15,17). The van der Waals surface area contributed by atoms with Gasteiger partial charge in [0.1, 0.15) is 0 Å². The number of ether oxygens (including phenoxy) is 1. The first kappa shape index (κ1) is 18.2. The molecule has 1 unspecified atom stereocenters. The lowest BCUT2D eigenvalue weighted by Gasteiger charge is -2.33. The van der Waals surface area contributed by atoms with Gasteiger partial charge in [0.15, 0.2) is 0 Å². The molecule has 1 aliphatic heterocycles. The minimum absolute atomic E-state index is 0.00430. The van der Waals surface area contributed by atoms with Crippen LogP contribution in [-0.2, 0) is 14.9 Å². The van der Waals surface area contributed by atoms with E-state index in [2.05, 4.69) is 30.8 Å². The molecule has 0 radical (unpaired) electrons. The van der Waals surface area contributed by atoms with Crippen molar-refractivity contribution in [3.8, 4) is 0 Å². The van der Waals surface area contributed by atoms with Gasteiger partial charge in [0.2, 0.25) is 0 Å². The normalized spacial score (nSPS) is 21.0. The molecule has 0 spiro atoms. The van der Waals surface area contributed by atoms with Crippen LogP contribution in [0.3, 0.4) is 0 Å². The SMILES string of the molecule is CCOC(=O)NS(=O)(=O)N1CCCC(CNC(C)(C)C)C1. The molecule has 0 bridgehead atoms. The molecule has 124 valence electrons. The van der Waals surface area contributed by atoms with Crippen LogP contribution < -0.4 is 10.0 Å². The van der Waals surface area contributed by atoms with Gasteiger partial charge in [0.05, 0.1) is 6.61 Å². The predicted molar refractivity (Wildman–Crippen MR) is 81.1 cm³/mol. The number of nitrogens with zero attached hydrogens (tertiary/aromatic N) is 1. The molecule has 0 aromatic rings. The molecule has 0 aliphatic carbocycles. The van der Waals surface area contributed by atoms with Crippen LogP contribution >= 0.6 is 0 Å². The zero-order valence-corrected chi connectivity index (χ0v) is 14.1. The maximum Gasteiger partial charge on any atom is 0.421 e. The molecule has 2 N–H and O–H groups in total. The second-order valence-electron chi connectivity index (χ2n) is 6.32. The van der Waals surface area contributed by atoms with Crippen molar-refractivity contribution in [3.63, 3.8) is 0 Å². The van der Waals surface area contributed by atoms with Crippen LogP contribution in [0, 0.1) is 5.92 Å². The number of rotatable bonds is 5. The summed E-state index contributed by atoms with van der Waals surface area (Å²) in [5, 5.41) is 3.39. The highest BCUT2D eigenvalue weighted by atomic mass is 32.2. The molecule has 1 fully saturated rings. The largest absolute Gasteiger partial charge is 0.449 e. The molecule has 0 aromatic heterocycles. The molecule has 1 amide bonds. The van der Waals surface area contributed by atoms with Gasteiger partial charge in [-0.1, -0.05) is 0 Å². The molecule has 0 aromatic carbocycles. The molecular weight excluding hydrogens is 294 g/mol. The van der Waals surface area contributed by atoms with Gasteiger partial charge >= 0.3 is 16.3 Å². The monoisotopic (exact) mass is 321 g/mol. The minimum atomic E-state index is -3.81. The third-order valence-electron chi connectivity index (χ3n) is 3.23. The quantitative estimate of drug-likeness (QED) is 0.791. The minimum Gasteiger partial charge on any atom is -0.449 e. The maximum absolute atomic E-state index is 12.1. The number of nitrogens with one attached hydrogen (secondary N) is 2. The van der Waals surface area contributed by atoms with E-state index < -0.39 is 16.3 Å². The Morgan fingerprint density at radius 1 is 1.38 bits per heavy atom. The summed E-state index contributed by atoms with van der Waals surface area (Å²) in [7, 11) is -3.81. The number of amides is 1. The Balaban J connectivity index is 2.56. The van der Waals surface area contributed by atoms with E-state index in [4.69, 9.17) is 0 Å². The van der Waals surface area contributed by atoms with Gasteiger partial charge in [0, 0.05) is 18.6 Å². The van der Waals surface area contributed by atoms with E-state index in [0.29, 0.717) is 13.1 Å². The van der Waals surface area contributed by atoms with Crippen molar-refractivity contribution in [2.24, 2.45) is 5.92 Å². The Bertz CT molecular complexity index is 445. The predicted octanol–water partition coefficient (Wildman–Crippen LogP) is 1.08. The highest BCUT2D eigenvalue weighted by Gasteiger charge is 2.30. The fraction of sp³-hybridized carbons (Fsp3) is 0.923. The molecule has 0 saturated carbocycles. The fourth-order valence-electron chi connectivity index (χ4n) is 2.19. The van der Waals surface area contributed by atoms with E-state index in [-0.39, 0.29) is 18.1 Å². The molecule has 8 heteroatoms. The number of carbonyl (C=O) groups excluding carboxylic acids is 1. The van der Waals surface area contributed by atoms with Crippen LogP contribution in [-0.4, -0.2) is 50.6 Å². The fourth-order valence-corrected chi connectivity index (χ4v) is 3.37. The van der Waals surface area contributed by atoms with Crippen molar-refractivity contribution in [2.45, 2.75) is 46.1 Å². The first-order valence-electron chi connectivity index (χ1n) is 7.33. The summed E-state index contributed by atoms with van der Waals surface area (Å²) in [5.74, 6) is 0.247. The van der Waals surface area contributed by atoms with E-state index in [1.807, 2.05) is 4.72 Å². The lowest BCUT2D eigenvalue weighted by atomic mass is 9.98. The summed E-state index contributed by atoms with van der Waals surface area (Å²) in [6, 6.07) is 0. The number of piperidine rings is 1. The molecule has 21 heavy (non-hydrogen) atoms. The van der Waals surface area contributed by atoms with Crippen molar-refractivity contribution in [1.82, 2.24) is 14.3 Å². The van der Waals surface area contributed by atoms with Gasteiger partial charge in [-0.15, -0.1) is 0 Å². The average Bonchev–Trinajstić information content (AvgIpc) is 2.35. The van der Waals surface area contributed by atoms with E-state index in [0.717, 1.165) is 19.4 Å². The van der Waals surface area contributed by atoms with Crippen LogP contribution in [0.4, 0.5) is 4.79 Å². The smallest absolute Gasteiger partial charge is 0.421 e. The van der Waals surface area contributed by atoms with Gasteiger partial charge < -0.3 is 10.1 Å². The van der Waals surface area contributed by atoms with Crippen molar-refractivity contribution in [1.29, 1.82) is 0 Å². The Hall–Kier alpha value is -0.860. The van der Waals surface area contributed by atoms with Crippen LogP contribution in [0.5, 0.6) is 0 Å². The molecule has 1 atom stereocenters. The molecule has 1 aliphatic rings. The maximum atomic E-state index is 12.1. The lowest BCUT2D eigenvalue weighted by Crippen LogP contribution is -2.50. The zero-order valence-electron chi connectivity index (χ0n) is 13.3. The Morgan fingerprint density at radius 3 is 2.62 bits per heavy atom. The van der Waals surface area contributed by atoms with E-state index in [1.54, 1.807) is 6.92 Å². The van der Waals surface area contributed by atoms with Gasteiger partial charge in [-0.3, -0.25) is 0 Å². The van der Waals surface area contributed by atoms with E-state index >= 15 is 0 Å². The highest BCUT2D eigenvalue weighted by Crippen LogP contribution is 2.18. The summed E-state index contributed by atoms with van der Waals surface area (Å²) in [4.78, 5) is 11.3. The molecule has 7 nitrogen and oxygen atoms in total.